The van der Waals surface area contributed by atoms with Crippen LogP contribution in [0.3, 0.4) is 0 Å². The number of ether oxygens (including phenoxy) is 1. The second-order valence-corrected chi connectivity index (χ2v) is 5.33. The third-order valence-corrected chi connectivity index (χ3v) is 4.22. The lowest BCUT2D eigenvalue weighted by atomic mass is 9.56. The third kappa shape index (κ3) is 2.23. The van der Waals surface area contributed by atoms with E-state index in [9.17, 15) is 4.79 Å². The fourth-order valence-corrected chi connectivity index (χ4v) is 2.23. The van der Waals surface area contributed by atoms with Gasteiger partial charge in [0.15, 0.2) is 0 Å². The first-order valence-electron chi connectivity index (χ1n) is 5.86. The summed E-state index contributed by atoms with van der Waals surface area (Å²) in [7, 11) is 3.59. The van der Waals surface area contributed by atoms with E-state index >= 15 is 0 Å². The van der Waals surface area contributed by atoms with Crippen LogP contribution in [0.25, 0.3) is 0 Å². The second kappa shape index (κ2) is 4.72. The number of amides is 1. The topological polar surface area (TPSA) is 50.4 Å². The summed E-state index contributed by atoms with van der Waals surface area (Å²) >= 11 is 0. The standard InChI is InChI=1S/C12H24N2O2/c1-11(2)9(8-12(11,3)16-5)14-10(15)6-7-13-4/h9,13H,6-8H2,1-5H3,(H,14,15). The van der Waals surface area contributed by atoms with E-state index in [2.05, 4.69) is 31.4 Å². The molecule has 1 aliphatic carbocycles. The van der Waals surface area contributed by atoms with E-state index in [1.54, 1.807) is 7.11 Å². The first kappa shape index (κ1) is 13.5. The highest BCUT2D eigenvalue weighted by Gasteiger charge is 2.58. The number of carbonyl (C=O) groups excluding carboxylic acids is 1. The SMILES string of the molecule is CNCCC(=O)NC1CC(C)(OC)C1(C)C. The zero-order chi connectivity index (χ0) is 12.4. The molecule has 4 heteroatoms. The van der Waals surface area contributed by atoms with Gasteiger partial charge in [-0.3, -0.25) is 4.79 Å². The van der Waals surface area contributed by atoms with Gasteiger partial charge in [-0.1, -0.05) is 13.8 Å². The van der Waals surface area contributed by atoms with Crippen LogP contribution in [0.4, 0.5) is 0 Å². The van der Waals surface area contributed by atoms with Gasteiger partial charge in [0.05, 0.1) is 5.60 Å². The number of rotatable bonds is 5. The molecule has 2 N–H and O–H groups in total. The molecule has 1 rings (SSSR count). The van der Waals surface area contributed by atoms with E-state index in [1.807, 2.05) is 7.05 Å². The van der Waals surface area contributed by atoms with Crippen molar-refractivity contribution >= 4 is 5.91 Å². The molecule has 1 fully saturated rings. The molecule has 0 aliphatic heterocycles. The number of hydrogen-bond donors (Lipinski definition) is 2. The molecular formula is C12H24N2O2. The highest BCUT2D eigenvalue weighted by molar-refractivity contribution is 5.76. The minimum Gasteiger partial charge on any atom is -0.378 e. The molecule has 0 aromatic rings. The molecule has 0 aromatic carbocycles. The van der Waals surface area contributed by atoms with Crippen LogP contribution in [0.2, 0.25) is 0 Å². The molecule has 16 heavy (non-hydrogen) atoms. The zero-order valence-corrected chi connectivity index (χ0v) is 11.0. The van der Waals surface area contributed by atoms with Crippen LogP contribution in [0.1, 0.15) is 33.6 Å². The Morgan fingerprint density at radius 1 is 1.44 bits per heavy atom. The van der Waals surface area contributed by atoms with Crippen molar-refractivity contribution in [2.24, 2.45) is 5.41 Å². The number of methoxy groups -OCH3 is 1. The van der Waals surface area contributed by atoms with Gasteiger partial charge in [-0.25, -0.2) is 0 Å². The Balaban J connectivity index is 2.45. The lowest BCUT2D eigenvalue weighted by molar-refractivity contribution is -0.182. The van der Waals surface area contributed by atoms with Crippen molar-refractivity contribution < 1.29 is 9.53 Å². The van der Waals surface area contributed by atoms with Gasteiger partial charge in [-0.2, -0.15) is 0 Å². The van der Waals surface area contributed by atoms with Gasteiger partial charge in [-0.05, 0) is 20.4 Å². The summed E-state index contributed by atoms with van der Waals surface area (Å²) in [6.07, 6.45) is 1.43. The molecule has 0 heterocycles. The Bertz CT molecular complexity index is 266. The van der Waals surface area contributed by atoms with Crippen LogP contribution in [0, 0.1) is 5.41 Å². The third-order valence-electron chi connectivity index (χ3n) is 4.22. The average Bonchev–Trinajstić information content (AvgIpc) is 2.25. The molecule has 1 amide bonds. The molecule has 4 nitrogen and oxygen atoms in total. The Hall–Kier alpha value is -0.610. The van der Waals surface area contributed by atoms with Gasteiger partial charge in [0.2, 0.25) is 5.91 Å². The molecule has 1 aliphatic rings. The van der Waals surface area contributed by atoms with Gasteiger partial charge in [0, 0.05) is 31.5 Å². The van der Waals surface area contributed by atoms with E-state index in [-0.39, 0.29) is 23.0 Å². The molecule has 94 valence electrons. The summed E-state index contributed by atoms with van der Waals surface area (Å²) in [4.78, 5) is 11.6. The predicted molar refractivity (Wildman–Crippen MR) is 64.3 cm³/mol. The van der Waals surface area contributed by atoms with Crippen LogP contribution in [-0.4, -0.2) is 38.3 Å². The van der Waals surface area contributed by atoms with Crippen LogP contribution < -0.4 is 10.6 Å². The molecule has 2 unspecified atom stereocenters. The molecular weight excluding hydrogens is 204 g/mol. The summed E-state index contributed by atoms with van der Waals surface area (Å²) < 4.78 is 5.52. The minimum atomic E-state index is -0.117. The van der Waals surface area contributed by atoms with Gasteiger partial charge in [0.25, 0.3) is 0 Å². The van der Waals surface area contributed by atoms with Crippen molar-refractivity contribution in [2.75, 3.05) is 20.7 Å². The lowest BCUT2D eigenvalue weighted by Gasteiger charge is -2.59. The van der Waals surface area contributed by atoms with Crippen molar-refractivity contribution in [2.45, 2.75) is 45.3 Å². The van der Waals surface area contributed by atoms with Gasteiger partial charge in [-0.15, -0.1) is 0 Å². The van der Waals surface area contributed by atoms with E-state index in [1.165, 1.54) is 0 Å². The van der Waals surface area contributed by atoms with E-state index < -0.39 is 0 Å². The first-order chi connectivity index (χ1) is 7.37. The zero-order valence-electron chi connectivity index (χ0n) is 11.0. The second-order valence-electron chi connectivity index (χ2n) is 5.33. The van der Waals surface area contributed by atoms with Crippen molar-refractivity contribution in [1.29, 1.82) is 0 Å². The first-order valence-corrected chi connectivity index (χ1v) is 5.86. The van der Waals surface area contributed by atoms with Crippen LogP contribution in [0.5, 0.6) is 0 Å². The van der Waals surface area contributed by atoms with Crippen molar-refractivity contribution in [1.82, 2.24) is 10.6 Å². The number of carbonyl (C=O) groups is 1. The Labute approximate surface area is 98.1 Å². The normalized spacial score (nSPS) is 31.9. The summed E-state index contributed by atoms with van der Waals surface area (Å²) in [6, 6.07) is 0.224. The van der Waals surface area contributed by atoms with Crippen molar-refractivity contribution in [3.63, 3.8) is 0 Å². The largest absolute Gasteiger partial charge is 0.378 e. The molecule has 0 radical (unpaired) electrons. The van der Waals surface area contributed by atoms with Gasteiger partial charge in [0.1, 0.15) is 0 Å². The van der Waals surface area contributed by atoms with Gasteiger partial charge >= 0.3 is 0 Å². The fourth-order valence-electron chi connectivity index (χ4n) is 2.23. The quantitative estimate of drug-likeness (QED) is 0.735. The highest BCUT2D eigenvalue weighted by atomic mass is 16.5. The minimum absolute atomic E-state index is 0.00292. The van der Waals surface area contributed by atoms with Crippen LogP contribution >= 0.6 is 0 Å². The Kier molecular flexibility index (Phi) is 3.97. The molecule has 0 aromatic heterocycles. The van der Waals surface area contributed by atoms with Crippen molar-refractivity contribution in [3.8, 4) is 0 Å². The maximum atomic E-state index is 11.6. The fraction of sp³-hybridized carbons (Fsp3) is 0.917. The lowest BCUT2D eigenvalue weighted by Crippen LogP contribution is -2.68. The molecule has 2 atom stereocenters. The predicted octanol–water partition coefficient (Wildman–Crippen LogP) is 0.916. The molecule has 1 saturated carbocycles. The highest BCUT2D eigenvalue weighted by Crippen LogP contribution is 2.51. The monoisotopic (exact) mass is 228 g/mol. The maximum Gasteiger partial charge on any atom is 0.221 e. The van der Waals surface area contributed by atoms with Crippen LogP contribution in [-0.2, 0) is 9.53 Å². The van der Waals surface area contributed by atoms with Gasteiger partial charge < -0.3 is 15.4 Å². The summed E-state index contributed by atoms with van der Waals surface area (Å²) in [5.74, 6) is 0.116. The smallest absolute Gasteiger partial charge is 0.221 e. The number of hydrogen-bond acceptors (Lipinski definition) is 3. The van der Waals surface area contributed by atoms with E-state index in [4.69, 9.17) is 4.74 Å². The summed E-state index contributed by atoms with van der Waals surface area (Å²) in [5.41, 5.74) is -0.120. The van der Waals surface area contributed by atoms with Crippen LogP contribution in [0.15, 0.2) is 0 Å². The molecule has 0 saturated heterocycles. The Morgan fingerprint density at radius 3 is 2.50 bits per heavy atom. The maximum absolute atomic E-state index is 11.6. The van der Waals surface area contributed by atoms with Crippen molar-refractivity contribution in [3.05, 3.63) is 0 Å². The Morgan fingerprint density at radius 2 is 2.06 bits per heavy atom. The average molecular weight is 228 g/mol. The van der Waals surface area contributed by atoms with E-state index in [0.29, 0.717) is 6.42 Å². The summed E-state index contributed by atoms with van der Waals surface area (Å²) in [6.45, 7) is 7.11. The molecule has 0 bridgehead atoms. The van der Waals surface area contributed by atoms with E-state index in [0.717, 1.165) is 13.0 Å². The number of nitrogens with one attached hydrogen (secondary N) is 2. The summed E-state index contributed by atoms with van der Waals surface area (Å²) in [5, 5.41) is 6.04. The molecule has 0 spiro atoms.